The lowest BCUT2D eigenvalue weighted by Gasteiger charge is -2.35. The Balaban J connectivity index is 0.000000733. The number of rotatable bonds is 16. The normalized spacial score (nSPS) is 20.0. The van der Waals surface area contributed by atoms with E-state index in [9.17, 15) is 0 Å². The summed E-state index contributed by atoms with van der Waals surface area (Å²) in [5.41, 5.74) is 0.703. The first-order valence-corrected chi connectivity index (χ1v) is 31.2. The molecule has 0 spiro atoms. The van der Waals surface area contributed by atoms with Crippen molar-refractivity contribution in [3.63, 3.8) is 0 Å². The van der Waals surface area contributed by atoms with Gasteiger partial charge in [0.1, 0.15) is 0 Å². The van der Waals surface area contributed by atoms with Gasteiger partial charge in [-0.1, -0.05) is 374 Å². The zero-order chi connectivity index (χ0) is 45.5. The van der Waals surface area contributed by atoms with Gasteiger partial charge in [-0.15, -0.1) is 0 Å². The van der Waals surface area contributed by atoms with E-state index in [-0.39, 0.29) is 0 Å². The van der Waals surface area contributed by atoms with Crippen LogP contribution in [0, 0.1) is 5.41 Å². The van der Waals surface area contributed by atoms with Crippen LogP contribution in [-0.2, 0) is 0 Å². The molecule has 0 aromatic heterocycles. The van der Waals surface area contributed by atoms with Crippen LogP contribution in [0.1, 0.15) is 400 Å². The average molecular weight is 886 g/mol. The molecule has 0 heteroatoms. The van der Waals surface area contributed by atoms with Crippen LogP contribution in [0.5, 0.6) is 0 Å². The van der Waals surface area contributed by atoms with Crippen molar-refractivity contribution in [3.8, 4) is 0 Å². The largest absolute Gasteiger partial charge is 0.0654 e. The molecule has 0 nitrogen and oxygen atoms in total. The van der Waals surface area contributed by atoms with Gasteiger partial charge in [0.15, 0.2) is 0 Å². The van der Waals surface area contributed by atoms with Crippen LogP contribution in [0.4, 0.5) is 0 Å². The van der Waals surface area contributed by atoms with E-state index < -0.39 is 0 Å². The summed E-state index contributed by atoms with van der Waals surface area (Å²) in [6, 6.07) is 0. The Bertz CT molecular complexity index is 535. The Labute approximate surface area is 403 Å². The minimum Gasteiger partial charge on any atom is -0.0654 e. The van der Waals surface area contributed by atoms with E-state index in [1.165, 1.54) is 372 Å². The monoisotopic (exact) mass is 885 g/mol. The highest BCUT2D eigenvalue weighted by molar-refractivity contribution is 4.80. The van der Waals surface area contributed by atoms with Gasteiger partial charge in [0.2, 0.25) is 0 Å². The summed E-state index contributed by atoms with van der Waals surface area (Å²) in [5.74, 6) is 0. The lowest BCUT2D eigenvalue weighted by molar-refractivity contribution is 0.173. The van der Waals surface area contributed by atoms with Gasteiger partial charge in [-0.2, -0.15) is 0 Å². The van der Waals surface area contributed by atoms with Gasteiger partial charge >= 0.3 is 0 Å². The van der Waals surface area contributed by atoms with Gasteiger partial charge < -0.3 is 0 Å². The summed E-state index contributed by atoms with van der Waals surface area (Å²) in [4.78, 5) is 0. The van der Waals surface area contributed by atoms with Crippen molar-refractivity contribution in [2.75, 3.05) is 0 Å². The molecule has 12 fully saturated rings. The van der Waals surface area contributed by atoms with E-state index in [0.29, 0.717) is 5.41 Å². The van der Waals surface area contributed by atoms with Crippen molar-refractivity contribution in [2.45, 2.75) is 400 Å². The molecule has 0 aromatic carbocycles. The fourth-order valence-corrected chi connectivity index (χ4v) is 5.25. The minimum atomic E-state index is 0.703. The van der Waals surface area contributed by atoms with Crippen molar-refractivity contribution < 1.29 is 0 Å². The second kappa shape index (κ2) is 56.3. The smallest absolute Gasteiger partial charge is 0.0297 e. The third kappa shape index (κ3) is 76.5. The summed E-state index contributed by atoms with van der Waals surface area (Å²) in [6.45, 7) is 9.36. The van der Waals surface area contributed by atoms with Crippen molar-refractivity contribution in [2.24, 2.45) is 5.41 Å². The van der Waals surface area contributed by atoms with E-state index in [0.717, 1.165) is 0 Å². The molecule has 12 rings (SSSR count). The van der Waals surface area contributed by atoms with Crippen LogP contribution >= 0.6 is 0 Å². The molecule has 0 radical (unpaired) electrons. The topological polar surface area (TPSA) is 0 Å². The molecule has 0 unspecified atom stereocenters. The van der Waals surface area contributed by atoms with Gasteiger partial charge in [-0.25, -0.2) is 0 Å². The van der Waals surface area contributed by atoms with E-state index in [1.807, 2.05) is 0 Å². The first kappa shape index (κ1) is 63.0. The maximum atomic E-state index is 2.34. The quantitative estimate of drug-likeness (QED) is 0.136. The first-order chi connectivity index (χ1) is 31.2. The fourth-order valence-electron chi connectivity index (χ4n) is 5.25. The molecular formula is C63H128. The molecule has 0 aliphatic heterocycles. The molecule has 0 amide bonds. The second-order valence-electron chi connectivity index (χ2n) is 22.2. The maximum absolute atomic E-state index is 2.34. The summed E-state index contributed by atoms with van der Waals surface area (Å²) in [5, 5.41) is 0. The van der Waals surface area contributed by atoms with Crippen molar-refractivity contribution in [1.29, 1.82) is 0 Å². The van der Waals surface area contributed by atoms with E-state index in [4.69, 9.17) is 0 Å². The predicted octanol–water partition coefficient (Wildman–Crippen LogP) is 24.7. The van der Waals surface area contributed by atoms with Gasteiger partial charge in [0.25, 0.3) is 0 Å². The highest BCUT2D eigenvalue weighted by Crippen LogP contribution is 2.42. The molecule has 0 bridgehead atoms. The molecule has 380 valence electrons. The van der Waals surface area contributed by atoms with Crippen LogP contribution in [0.2, 0.25) is 0 Å². The summed E-state index contributed by atoms with van der Waals surface area (Å²) in [7, 11) is 0. The highest BCUT2D eigenvalue weighted by Gasteiger charge is 2.27. The van der Waals surface area contributed by atoms with Crippen molar-refractivity contribution in [1.82, 2.24) is 0 Å². The summed E-state index contributed by atoms with van der Waals surface area (Å²) in [6.07, 6.45) is 86.2. The van der Waals surface area contributed by atoms with Crippen molar-refractivity contribution >= 4 is 0 Å². The first-order valence-electron chi connectivity index (χ1n) is 31.2. The van der Waals surface area contributed by atoms with Crippen LogP contribution in [0.25, 0.3) is 0 Å². The number of unbranched alkanes of at least 4 members (excludes halogenated alkanes) is 8. The van der Waals surface area contributed by atoms with E-state index in [1.54, 1.807) is 0 Å². The van der Waals surface area contributed by atoms with Crippen LogP contribution in [0.15, 0.2) is 0 Å². The third-order valence-electron chi connectivity index (χ3n) is 13.4. The van der Waals surface area contributed by atoms with Gasteiger partial charge in [0.05, 0.1) is 0 Å². The number of hydrogen-bond donors (Lipinski definition) is 0. The van der Waals surface area contributed by atoms with Crippen molar-refractivity contribution in [3.05, 3.63) is 0 Å². The summed E-state index contributed by atoms with van der Waals surface area (Å²) < 4.78 is 0. The number of hydrogen-bond acceptors (Lipinski definition) is 0. The standard InChI is InChI=1S/C21H44.6C4H8.6C3H6/c1-5-9-13-17-21(18-14-10-6-2,19-15-11-7-3)20-16-12-8-4;6*1-2-4-3-1;6*1-2-3-1/h5-20H2,1-4H3;6*1-4H2;6*1-3H2. The van der Waals surface area contributed by atoms with Gasteiger partial charge in [-0.05, 0) is 31.1 Å². The third-order valence-corrected chi connectivity index (χ3v) is 13.4. The molecule has 0 saturated heterocycles. The van der Waals surface area contributed by atoms with E-state index in [2.05, 4.69) is 27.7 Å². The van der Waals surface area contributed by atoms with Crippen LogP contribution in [0.3, 0.4) is 0 Å². The maximum Gasteiger partial charge on any atom is -0.0297 e. The Morgan fingerprint density at radius 1 is 0.159 bits per heavy atom. The second-order valence-corrected chi connectivity index (χ2v) is 22.2. The Kier molecular flexibility index (Phi) is 56.3. The zero-order valence-electron chi connectivity index (χ0n) is 45.5. The molecule has 0 atom stereocenters. The summed E-state index contributed by atoms with van der Waals surface area (Å²) >= 11 is 0. The Morgan fingerprint density at radius 3 is 0.317 bits per heavy atom. The fraction of sp³-hybridized carbons (Fsp3) is 1.00. The molecule has 0 aromatic rings. The Hall–Kier alpha value is 0. The molecule has 63 heavy (non-hydrogen) atoms. The average Bonchev–Trinajstić information content (AvgIpc) is 3.97. The SMILES string of the molecule is C1CC1.C1CC1.C1CC1.C1CC1.C1CC1.C1CC1.C1CCC1.C1CCC1.C1CCC1.C1CCC1.C1CCC1.C1CCC1.CCCCCC(CCCCC)(CCCCC)CCCCC. The van der Waals surface area contributed by atoms with Gasteiger partial charge in [0, 0.05) is 0 Å². The zero-order valence-corrected chi connectivity index (χ0v) is 45.5. The molecule has 0 heterocycles. The van der Waals surface area contributed by atoms with Gasteiger partial charge in [-0.3, -0.25) is 0 Å². The predicted molar refractivity (Wildman–Crippen MR) is 293 cm³/mol. The Morgan fingerprint density at radius 2 is 0.254 bits per heavy atom. The molecule has 0 N–H and O–H groups in total. The van der Waals surface area contributed by atoms with Crippen LogP contribution in [-0.4, -0.2) is 0 Å². The molecule has 12 saturated carbocycles. The highest BCUT2D eigenvalue weighted by atomic mass is 14.3. The van der Waals surface area contributed by atoms with Crippen LogP contribution < -0.4 is 0 Å². The van der Waals surface area contributed by atoms with E-state index >= 15 is 0 Å². The molecule has 12 aliphatic rings. The minimum absolute atomic E-state index is 0.703. The molecular weight excluding hydrogens is 757 g/mol. The lowest BCUT2D eigenvalue weighted by Crippen LogP contribution is -2.21. The lowest BCUT2D eigenvalue weighted by atomic mass is 9.71. The molecule has 12 aliphatic carbocycles.